The van der Waals surface area contributed by atoms with Crippen LogP contribution in [0.3, 0.4) is 0 Å². The van der Waals surface area contributed by atoms with Crippen LogP contribution in [0.25, 0.3) is 0 Å². The molecular weight excluding hydrogens is 1010 g/mol. The highest BCUT2D eigenvalue weighted by Crippen LogP contribution is 2.23. The molecule has 0 aromatic rings. The van der Waals surface area contributed by atoms with E-state index in [9.17, 15) is 30.3 Å². The molecule has 7 unspecified atom stereocenters. The number of rotatable bonds is 61. The van der Waals surface area contributed by atoms with Gasteiger partial charge in [-0.2, -0.15) is 0 Å². The van der Waals surface area contributed by atoms with Crippen molar-refractivity contribution in [1.29, 1.82) is 0 Å². The molecule has 0 saturated carbocycles. The van der Waals surface area contributed by atoms with Crippen molar-refractivity contribution in [3.63, 3.8) is 0 Å². The van der Waals surface area contributed by atoms with Gasteiger partial charge >= 0.3 is 0 Å². The van der Waals surface area contributed by atoms with E-state index in [4.69, 9.17) is 9.47 Å². The van der Waals surface area contributed by atoms with Gasteiger partial charge in [-0.15, -0.1) is 0 Å². The molecule has 0 bridgehead atoms. The number of amides is 1. The number of carbonyl (C=O) groups is 1. The highest BCUT2D eigenvalue weighted by Gasteiger charge is 2.44. The lowest BCUT2D eigenvalue weighted by Gasteiger charge is -2.40. The molecule has 1 saturated heterocycles. The summed E-state index contributed by atoms with van der Waals surface area (Å²) < 4.78 is 11.3. The van der Waals surface area contributed by atoms with Gasteiger partial charge in [0.25, 0.3) is 0 Å². The van der Waals surface area contributed by atoms with Crippen molar-refractivity contribution in [2.45, 2.75) is 378 Å². The minimum atomic E-state index is -1.58. The maximum Gasteiger partial charge on any atom is 0.220 e. The lowest BCUT2D eigenvalue weighted by atomic mass is 9.99. The van der Waals surface area contributed by atoms with Gasteiger partial charge in [-0.1, -0.05) is 312 Å². The Morgan fingerprint density at radius 2 is 0.741 bits per heavy atom. The number of carbonyl (C=O) groups excluding carboxylic acids is 1. The second kappa shape index (κ2) is 61.0. The molecule has 1 heterocycles. The van der Waals surface area contributed by atoms with E-state index in [1.54, 1.807) is 6.08 Å². The average Bonchev–Trinajstić information content (AvgIpc) is 3.49. The molecule has 0 radical (unpaired) electrons. The molecule has 1 rings (SSSR count). The summed E-state index contributed by atoms with van der Waals surface area (Å²) in [6.07, 6.45) is 77.6. The Kier molecular flexibility index (Phi) is 57.9. The second-order valence-electron chi connectivity index (χ2n) is 24.3. The van der Waals surface area contributed by atoms with Crippen LogP contribution in [0.2, 0.25) is 0 Å². The molecule has 0 aromatic heterocycles. The fraction of sp³-hybridized carbons (Fsp3) is 0.847. The molecule has 0 aromatic carbocycles. The molecule has 0 aliphatic carbocycles. The zero-order chi connectivity index (χ0) is 58.6. The van der Waals surface area contributed by atoms with Gasteiger partial charge in [0.2, 0.25) is 5.91 Å². The minimum Gasteiger partial charge on any atom is -0.394 e. The second-order valence-corrected chi connectivity index (χ2v) is 24.3. The first-order valence-corrected chi connectivity index (χ1v) is 35.0. The Bertz CT molecular complexity index is 1460. The van der Waals surface area contributed by atoms with Gasteiger partial charge in [-0.05, 0) is 77.0 Å². The fourth-order valence-corrected chi connectivity index (χ4v) is 11.0. The topological polar surface area (TPSA) is 149 Å². The summed E-state index contributed by atoms with van der Waals surface area (Å²) in [6, 6.07) is -0.832. The van der Waals surface area contributed by atoms with Crippen LogP contribution in [0.5, 0.6) is 0 Å². The van der Waals surface area contributed by atoms with Crippen LogP contribution in [0.4, 0.5) is 0 Å². The zero-order valence-corrected chi connectivity index (χ0v) is 53.0. The zero-order valence-electron chi connectivity index (χ0n) is 53.0. The molecule has 0 spiro atoms. The predicted molar refractivity (Wildman–Crippen MR) is 346 cm³/mol. The van der Waals surface area contributed by atoms with Crippen molar-refractivity contribution >= 4 is 5.91 Å². The van der Waals surface area contributed by atoms with E-state index in [2.05, 4.69) is 67.8 Å². The van der Waals surface area contributed by atoms with E-state index in [0.29, 0.717) is 6.42 Å². The van der Waals surface area contributed by atoms with Crippen molar-refractivity contribution in [2.75, 3.05) is 13.2 Å². The van der Waals surface area contributed by atoms with Crippen LogP contribution < -0.4 is 5.32 Å². The summed E-state index contributed by atoms with van der Waals surface area (Å²) in [5.41, 5.74) is 0. The monoisotopic (exact) mass is 1140 g/mol. The summed E-state index contributed by atoms with van der Waals surface area (Å²) in [4.78, 5) is 13.1. The van der Waals surface area contributed by atoms with Crippen molar-refractivity contribution in [3.05, 3.63) is 60.8 Å². The summed E-state index contributed by atoms with van der Waals surface area (Å²) in [6.45, 7) is 3.79. The van der Waals surface area contributed by atoms with Gasteiger partial charge in [-0.3, -0.25) is 4.79 Å². The van der Waals surface area contributed by atoms with E-state index >= 15 is 0 Å². The average molecular weight is 1140 g/mol. The lowest BCUT2D eigenvalue weighted by Crippen LogP contribution is -2.60. The van der Waals surface area contributed by atoms with Crippen molar-refractivity contribution in [2.24, 2.45) is 0 Å². The van der Waals surface area contributed by atoms with Gasteiger partial charge in [0.15, 0.2) is 6.29 Å². The third kappa shape index (κ3) is 49.8. The number of hydrogen-bond donors (Lipinski definition) is 6. The van der Waals surface area contributed by atoms with E-state index in [1.165, 1.54) is 263 Å². The minimum absolute atomic E-state index is 0.189. The first-order chi connectivity index (χ1) is 39.8. The van der Waals surface area contributed by atoms with Crippen LogP contribution >= 0.6 is 0 Å². The van der Waals surface area contributed by atoms with E-state index in [-0.39, 0.29) is 12.5 Å². The third-order valence-electron chi connectivity index (χ3n) is 16.5. The van der Waals surface area contributed by atoms with Gasteiger partial charge in [0, 0.05) is 6.42 Å². The summed E-state index contributed by atoms with van der Waals surface area (Å²) in [5.74, 6) is -0.189. The Balaban J connectivity index is 2.16. The highest BCUT2D eigenvalue weighted by atomic mass is 16.7. The molecule has 1 aliphatic heterocycles. The van der Waals surface area contributed by atoms with Crippen LogP contribution in [-0.4, -0.2) is 87.5 Å². The van der Waals surface area contributed by atoms with E-state index in [0.717, 1.165) is 51.4 Å². The van der Waals surface area contributed by atoms with Crippen LogP contribution in [-0.2, 0) is 14.3 Å². The van der Waals surface area contributed by atoms with Gasteiger partial charge in [0.1, 0.15) is 24.4 Å². The standard InChI is InChI=1S/C72H133NO8/c1-3-5-7-9-11-13-15-17-19-21-23-25-27-29-30-31-32-33-34-35-36-38-39-41-43-45-47-49-51-53-55-57-59-61-66(75)65(64-80-72-71(79)70(78)69(77)67(63-74)81-72)73-68(76)62-60-58-56-54-52-50-48-46-44-42-40-37-28-26-24-22-20-18-16-14-12-10-8-6-4-2/h16,18,22,24,43,45,51,53,59,61,65-67,69-72,74-75,77-79H,3-15,17,19-21,23,25-42,44,46-50,52,54-58,60,62-64H2,1-2H3,(H,73,76)/b18-16-,24-22-,45-43+,53-51+,61-59+. The number of hydrogen-bond acceptors (Lipinski definition) is 8. The number of aliphatic hydroxyl groups is 5. The summed E-state index contributed by atoms with van der Waals surface area (Å²) in [7, 11) is 0. The summed E-state index contributed by atoms with van der Waals surface area (Å²) >= 11 is 0. The van der Waals surface area contributed by atoms with Crippen molar-refractivity contribution in [1.82, 2.24) is 5.32 Å². The number of ether oxygens (including phenoxy) is 2. The number of allylic oxidation sites excluding steroid dienone is 9. The molecule has 1 aliphatic rings. The lowest BCUT2D eigenvalue weighted by molar-refractivity contribution is -0.302. The molecule has 1 fully saturated rings. The molecule has 81 heavy (non-hydrogen) atoms. The normalized spacial score (nSPS) is 18.7. The quantitative estimate of drug-likeness (QED) is 0.0261. The first-order valence-electron chi connectivity index (χ1n) is 35.0. The predicted octanol–water partition coefficient (Wildman–Crippen LogP) is 19.0. The largest absolute Gasteiger partial charge is 0.394 e. The molecule has 9 nitrogen and oxygen atoms in total. The molecule has 1 amide bonds. The van der Waals surface area contributed by atoms with Gasteiger partial charge in [-0.25, -0.2) is 0 Å². The van der Waals surface area contributed by atoms with Gasteiger partial charge in [0.05, 0.1) is 25.4 Å². The van der Waals surface area contributed by atoms with Crippen molar-refractivity contribution < 1.29 is 39.8 Å². The smallest absolute Gasteiger partial charge is 0.220 e. The van der Waals surface area contributed by atoms with E-state index in [1.807, 2.05) is 6.08 Å². The first kappa shape index (κ1) is 76.9. The molecule has 9 heteroatoms. The Morgan fingerprint density at radius 3 is 1.11 bits per heavy atom. The fourth-order valence-electron chi connectivity index (χ4n) is 11.0. The van der Waals surface area contributed by atoms with Crippen LogP contribution in [0.1, 0.15) is 335 Å². The Labute approximate surface area is 500 Å². The van der Waals surface area contributed by atoms with Crippen molar-refractivity contribution in [3.8, 4) is 0 Å². The van der Waals surface area contributed by atoms with Gasteiger partial charge < -0.3 is 40.3 Å². The number of unbranched alkanes of at least 4 members (excludes halogenated alkanes) is 43. The van der Waals surface area contributed by atoms with E-state index < -0.39 is 49.5 Å². The maximum atomic E-state index is 13.1. The number of nitrogens with one attached hydrogen (secondary N) is 1. The Morgan fingerprint density at radius 1 is 0.420 bits per heavy atom. The molecule has 6 N–H and O–H groups in total. The Hall–Kier alpha value is -2.11. The third-order valence-corrected chi connectivity index (χ3v) is 16.5. The maximum absolute atomic E-state index is 13.1. The summed E-state index contributed by atoms with van der Waals surface area (Å²) in [5, 5.41) is 54.7. The molecular formula is C72H133NO8. The molecule has 7 atom stereocenters. The van der Waals surface area contributed by atoms with Crippen LogP contribution in [0.15, 0.2) is 60.8 Å². The SMILES string of the molecule is CCCCCCC/C=C\C/C=C\CCCCCCCCCCCCCCCC(=O)NC(COC1OC(CO)C(O)C(O)C1O)C(O)/C=C/CC/C=C/CC/C=C/CCCCCCCCCCCCCCCCCCCCCCCCC. The number of aliphatic hydroxyl groups excluding tert-OH is 5. The highest BCUT2D eigenvalue weighted by molar-refractivity contribution is 5.76. The van der Waals surface area contributed by atoms with Crippen LogP contribution in [0, 0.1) is 0 Å². The molecule has 474 valence electrons.